The van der Waals surface area contributed by atoms with Crippen molar-refractivity contribution in [1.29, 1.82) is 0 Å². The maximum absolute atomic E-state index is 12.4. The van der Waals surface area contributed by atoms with Crippen molar-refractivity contribution < 1.29 is 8.42 Å². The van der Waals surface area contributed by atoms with Gasteiger partial charge in [-0.2, -0.15) is 4.31 Å². The summed E-state index contributed by atoms with van der Waals surface area (Å²) in [6.45, 7) is 3.67. The molecule has 2 rings (SSSR count). The fourth-order valence-electron chi connectivity index (χ4n) is 2.22. The predicted molar refractivity (Wildman–Crippen MR) is 72.0 cm³/mol. The van der Waals surface area contributed by atoms with Crippen molar-refractivity contribution in [2.24, 2.45) is 0 Å². The molecule has 0 aromatic heterocycles. The Bertz CT molecular complexity index is 490. The van der Waals surface area contributed by atoms with Gasteiger partial charge in [0.15, 0.2) is 0 Å². The highest BCUT2D eigenvalue weighted by Gasteiger charge is 2.28. The van der Waals surface area contributed by atoms with Gasteiger partial charge in [-0.3, -0.25) is 0 Å². The Morgan fingerprint density at radius 3 is 2.50 bits per heavy atom. The Morgan fingerprint density at radius 1 is 1.28 bits per heavy atom. The van der Waals surface area contributed by atoms with Crippen LogP contribution in [0.5, 0.6) is 0 Å². The van der Waals surface area contributed by atoms with Crippen molar-refractivity contribution in [3.63, 3.8) is 0 Å². The standard InChI is InChI=1S/C13H20N2O2S/c1-11-5-7-13(8-6-11)18(16,17)15(2)12-4-3-9-14-10-12/h5-8,12,14H,3-4,9-10H2,1-2H3. The average molecular weight is 268 g/mol. The number of hydrogen-bond acceptors (Lipinski definition) is 3. The molecule has 1 unspecified atom stereocenters. The van der Waals surface area contributed by atoms with Gasteiger partial charge in [0.05, 0.1) is 4.90 Å². The van der Waals surface area contributed by atoms with Crippen LogP contribution in [0.1, 0.15) is 18.4 Å². The van der Waals surface area contributed by atoms with E-state index in [9.17, 15) is 8.42 Å². The van der Waals surface area contributed by atoms with Gasteiger partial charge in [0.25, 0.3) is 0 Å². The summed E-state index contributed by atoms with van der Waals surface area (Å²) >= 11 is 0. The first-order valence-corrected chi connectivity index (χ1v) is 7.71. The van der Waals surface area contributed by atoms with E-state index in [1.54, 1.807) is 19.2 Å². The van der Waals surface area contributed by atoms with E-state index >= 15 is 0 Å². The molecule has 18 heavy (non-hydrogen) atoms. The predicted octanol–water partition coefficient (Wildman–Crippen LogP) is 1.37. The third kappa shape index (κ3) is 2.74. The number of nitrogens with zero attached hydrogens (tertiary/aromatic N) is 1. The van der Waals surface area contributed by atoms with Gasteiger partial charge in [0, 0.05) is 19.6 Å². The average Bonchev–Trinajstić information content (AvgIpc) is 2.39. The van der Waals surface area contributed by atoms with Crippen molar-refractivity contribution in [1.82, 2.24) is 9.62 Å². The Labute approximate surface area is 109 Å². The van der Waals surface area contributed by atoms with Crippen LogP contribution in [0, 0.1) is 6.92 Å². The topological polar surface area (TPSA) is 49.4 Å². The molecule has 1 fully saturated rings. The largest absolute Gasteiger partial charge is 0.315 e. The number of hydrogen-bond donors (Lipinski definition) is 1. The van der Waals surface area contributed by atoms with Gasteiger partial charge in [-0.25, -0.2) is 8.42 Å². The number of sulfonamides is 1. The molecule has 1 aliphatic heterocycles. The van der Waals surface area contributed by atoms with Crippen LogP contribution in [0.15, 0.2) is 29.2 Å². The number of aryl methyl sites for hydroxylation is 1. The second-order valence-electron chi connectivity index (χ2n) is 4.83. The van der Waals surface area contributed by atoms with Crippen molar-refractivity contribution >= 4 is 10.0 Å². The minimum atomic E-state index is -3.36. The number of piperidine rings is 1. The lowest BCUT2D eigenvalue weighted by Crippen LogP contribution is -2.46. The van der Waals surface area contributed by atoms with Crippen molar-refractivity contribution in [2.45, 2.75) is 30.7 Å². The fraction of sp³-hybridized carbons (Fsp3) is 0.538. The molecule has 5 heteroatoms. The smallest absolute Gasteiger partial charge is 0.243 e. The van der Waals surface area contributed by atoms with Crippen LogP contribution in [0.4, 0.5) is 0 Å². The highest BCUT2D eigenvalue weighted by atomic mass is 32.2. The summed E-state index contributed by atoms with van der Waals surface area (Å²) in [5, 5.41) is 3.24. The van der Waals surface area contributed by atoms with Gasteiger partial charge in [0.1, 0.15) is 0 Å². The van der Waals surface area contributed by atoms with Gasteiger partial charge in [-0.15, -0.1) is 0 Å². The van der Waals surface area contributed by atoms with E-state index in [0.717, 1.165) is 31.5 Å². The lowest BCUT2D eigenvalue weighted by atomic mass is 10.1. The van der Waals surface area contributed by atoms with Gasteiger partial charge in [-0.1, -0.05) is 17.7 Å². The first kappa shape index (κ1) is 13.5. The molecule has 0 aliphatic carbocycles. The molecule has 0 amide bonds. The van der Waals surface area contributed by atoms with Crippen LogP contribution in [0.2, 0.25) is 0 Å². The summed E-state index contributed by atoms with van der Waals surface area (Å²) < 4.78 is 26.4. The normalized spacial score (nSPS) is 21.2. The zero-order valence-electron chi connectivity index (χ0n) is 10.9. The monoisotopic (exact) mass is 268 g/mol. The Hall–Kier alpha value is -0.910. The van der Waals surface area contributed by atoms with Crippen molar-refractivity contribution in [3.05, 3.63) is 29.8 Å². The van der Waals surface area contributed by atoms with Crippen LogP contribution in [-0.2, 0) is 10.0 Å². The third-order valence-corrected chi connectivity index (χ3v) is 5.41. The number of nitrogens with one attached hydrogen (secondary N) is 1. The highest BCUT2D eigenvalue weighted by Crippen LogP contribution is 2.20. The molecule has 1 saturated heterocycles. The van der Waals surface area contributed by atoms with E-state index < -0.39 is 10.0 Å². The van der Waals surface area contributed by atoms with Gasteiger partial charge in [-0.05, 0) is 38.4 Å². The molecule has 1 N–H and O–H groups in total. The summed E-state index contributed by atoms with van der Waals surface area (Å²) in [6, 6.07) is 7.08. The lowest BCUT2D eigenvalue weighted by Gasteiger charge is -2.30. The number of benzene rings is 1. The van der Waals surface area contributed by atoms with Gasteiger partial charge in [0.2, 0.25) is 10.0 Å². The molecular formula is C13H20N2O2S. The third-order valence-electron chi connectivity index (χ3n) is 3.48. The van der Waals surface area contributed by atoms with Crippen molar-refractivity contribution in [3.8, 4) is 0 Å². The van der Waals surface area contributed by atoms with E-state index in [1.807, 2.05) is 19.1 Å². The molecule has 1 atom stereocenters. The summed E-state index contributed by atoms with van der Waals surface area (Å²) in [5.41, 5.74) is 1.07. The minimum absolute atomic E-state index is 0.0602. The maximum Gasteiger partial charge on any atom is 0.243 e. The van der Waals surface area contributed by atoms with E-state index in [2.05, 4.69) is 5.32 Å². The number of rotatable bonds is 3. The van der Waals surface area contributed by atoms with E-state index in [0.29, 0.717) is 4.90 Å². The maximum atomic E-state index is 12.4. The molecule has 0 saturated carbocycles. The SMILES string of the molecule is Cc1ccc(S(=O)(=O)N(C)C2CCCNC2)cc1. The lowest BCUT2D eigenvalue weighted by molar-refractivity contribution is 0.300. The van der Waals surface area contributed by atoms with Crippen molar-refractivity contribution in [2.75, 3.05) is 20.1 Å². The highest BCUT2D eigenvalue weighted by molar-refractivity contribution is 7.89. The Morgan fingerprint density at radius 2 is 1.94 bits per heavy atom. The van der Waals surface area contributed by atoms with Crippen LogP contribution < -0.4 is 5.32 Å². The molecule has 1 aromatic carbocycles. The summed E-state index contributed by atoms with van der Waals surface area (Å²) in [7, 11) is -1.69. The Balaban J connectivity index is 2.21. The van der Waals surface area contributed by atoms with E-state index in [-0.39, 0.29) is 6.04 Å². The molecule has 1 heterocycles. The minimum Gasteiger partial charge on any atom is -0.315 e. The second-order valence-corrected chi connectivity index (χ2v) is 6.83. The molecule has 4 nitrogen and oxygen atoms in total. The zero-order chi connectivity index (χ0) is 13.2. The van der Waals surface area contributed by atoms with Crippen LogP contribution >= 0.6 is 0 Å². The van der Waals surface area contributed by atoms with Gasteiger partial charge < -0.3 is 5.32 Å². The van der Waals surface area contributed by atoms with Gasteiger partial charge >= 0.3 is 0 Å². The summed E-state index contributed by atoms with van der Waals surface area (Å²) in [6.07, 6.45) is 1.95. The molecular weight excluding hydrogens is 248 g/mol. The summed E-state index contributed by atoms with van der Waals surface area (Å²) in [4.78, 5) is 0.376. The van der Waals surface area contributed by atoms with Crippen LogP contribution in [0.25, 0.3) is 0 Å². The quantitative estimate of drug-likeness (QED) is 0.900. The molecule has 1 aromatic rings. The van der Waals surface area contributed by atoms with Crippen LogP contribution in [-0.4, -0.2) is 38.9 Å². The molecule has 0 radical (unpaired) electrons. The first-order chi connectivity index (χ1) is 8.51. The zero-order valence-corrected chi connectivity index (χ0v) is 11.7. The molecule has 0 bridgehead atoms. The molecule has 0 spiro atoms. The first-order valence-electron chi connectivity index (χ1n) is 6.27. The Kier molecular flexibility index (Phi) is 4.04. The fourth-order valence-corrected chi connectivity index (χ4v) is 3.60. The van der Waals surface area contributed by atoms with E-state index in [1.165, 1.54) is 4.31 Å². The molecule has 1 aliphatic rings. The van der Waals surface area contributed by atoms with E-state index in [4.69, 9.17) is 0 Å². The second kappa shape index (κ2) is 5.38. The van der Waals surface area contributed by atoms with Crippen LogP contribution in [0.3, 0.4) is 0 Å². The number of likely N-dealkylation sites (N-methyl/N-ethyl adjacent to an activating group) is 1. The summed E-state index contributed by atoms with van der Waals surface area (Å²) in [5.74, 6) is 0. The molecule has 100 valence electrons.